The summed E-state index contributed by atoms with van der Waals surface area (Å²) >= 11 is 0. The van der Waals surface area contributed by atoms with E-state index in [0.717, 1.165) is 13.0 Å². The second-order valence-corrected chi connectivity index (χ2v) is 4.82. The van der Waals surface area contributed by atoms with E-state index in [1.54, 1.807) is 18.3 Å². The maximum atomic E-state index is 9.83. The molecule has 1 aromatic carbocycles. The number of anilines is 1. The Kier molecular flexibility index (Phi) is 5.99. The summed E-state index contributed by atoms with van der Waals surface area (Å²) in [5, 5.41) is 13.0. The van der Waals surface area contributed by atoms with Gasteiger partial charge in [0.25, 0.3) is 0 Å². The molecule has 0 amide bonds. The number of nitrogens with two attached hydrogens (primary N) is 1. The number of nitrogens with zero attached hydrogens (tertiary/aromatic N) is 1. The second kappa shape index (κ2) is 8.24. The SMILES string of the molecule is Nc1ccc(OC[C@@H](O)CNCCc2ccccc2)cn1. The zero-order valence-electron chi connectivity index (χ0n) is 11.9. The van der Waals surface area contributed by atoms with Crippen LogP contribution >= 0.6 is 0 Å². The van der Waals surface area contributed by atoms with Crippen molar-refractivity contribution in [1.29, 1.82) is 0 Å². The Morgan fingerprint density at radius 2 is 2.00 bits per heavy atom. The van der Waals surface area contributed by atoms with Gasteiger partial charge in [0.05, 0.1) is 6.20 Å². The third kappa shape index (κ3) is 5.81. The largest absolute Gasteiger partial charge is 0.489 e. The summed E-state index contributed by atoms with van der Waals surface area (Å²) in [6.45, 7) is 1.55. The molecular formula is C16H21N3O2. The number of hydrogen-bond acceptors (Lipinski definition) is 5. The normalized spacial score (nSPS) is 12.0. The summed E-state index contributed by atoms with van der Waals surface area (Å²) in [7, 11) is 0. The Balaban J connectivity index is 1.59. The summed E-state index contributed by atoms with van der Waals surface area (Å²) in [5.41, 5.74) is 6.77. The molecule has 2 aromatic rings. The summed E-state index contributed by atoms with van der Waals surface area (Å²) in [5.74, 6) is 1.05. The highest BCUT2D eigenvalue weighted by Crippen LogP contribution is 2.09. The smallest absolute Gasteiger partial charge is 0.137 e. The van der Waals surface area contributed by atoms with Gasteiger partial charge in [0, 0.05) is 6.54 Å². The predicted octanol–water partition coefficient (Wildman–Crippen LogP) is 1.24. The summed E-state index contributed by atoms with van der Waals surface area (Å²) in [6, 6.07) is 13.6. The molecule has 0 aliphatic carbocycles. The Morgan fingerprint density at radius 3 is 2.71 bits per heavy atom. The van der Waals surface area contributed by atoms with E-state index in [1.807, 2.05) is 18.2 Å². The molecule has 5 heteroatoms. The van der Waals surface area contributed by atoms with Gasteiger partial charge in [-0.05, 0) is 30.7 Å². The lowest BCUT2D eigenvalue weighted by Crippen LogP contribution is -2.32. The van der Waals surface area contributed by atoms with Crippen LogP contribution in [0.25, 0.3) is 0 Å². The van der Waals surface area contributed by atoms with Crippen molar-refractivity contribution in [1.82, 2.24) is 10.3 Å². The van der Waals surface area contributed by atoms with Gasteiger partial charge in [-0.3, -0.25) is 0 Å². The number of hydrogen-bond donors (Lipinski definition) is 3. The maximum Gasteiger partial charge on any atom is 0.137 e. The van der Waals surface area contributed by atoms with E-state index >= 15 is 0 Å². The van der Waals surface area contributed by atoms with Gasteiger partial charge < -0.3 is 20.9 Å². The molecule has 5 nitrogen and oxygen atoms in total. The Labute approximate surface area is 124 Å². The predicted molar refractivity (Wildman–Crippen MR) is 83.2 cm³/mol. The van der Waals surface area contributed by atoms with E-state index in [2.05, 4.69) is 22.4 Å². The number of pyridine rings is 1. The first-order valence-corrected chi connectivity index (χ1v) is 7.01. The van der Waals surface area contributed by atoms with E-state index in [9.17, 15) is 5.11 Å². The van der Waals surface area contributed by atoms with E-state index in [0.29, 0.717) is 18.1 Å². The first-order chi connectivity index (χ1) is 10.2. The first kappa shape index (κ1) is 15.3. The average Bonchev–Trinajstić information content (AvgIpc) is 2.52. The van der Waals surface area contributed by atoms with Crippen molar-refractivity contribution < 1.29 is 9.84 Å². The Bertz CT molecular complexity index is 517. The van der Waals surface area contributed by atoms with Gasteiger partial charge in [0.2, 0.25) is 0 Å². The Hall–Kier alpha value is -2.11. The van der Waals surface area contributed by atoms with Gasteiger partial charge >= 0.3 is 0 Å². The van der Waals surface area contributed by atoms with Crippen LogP contribution in [0.5, 0.6) is 5.75 Å². The second-order valence-electron chi connectivity index (χ2n) is 4.82. The highest BCUT2D eigenvalue weighted by Gasteiger charge is 2.05. The van der Waals surface area contributed by atoms with Crippen molar-refractivity contribution in [3.05, 3.63) is 54.2 Å². The molecule has 21 heavy (non-hydrogen) atoms. The molecule has 0 fully saturated rings. The van der Waals surface area contributed by atoms with Crippen molar-refractivity contribution in [2.45, 2.75) is 12.5 Å². The van der Waals surface area contributed by atoms with E-state index in [4.69, 9.17) is 10.5 Å². The first-order valence-electron chi connectivity index (χ1n) is 7.01. The van der Waals surface area contributed by atoms with Crippen LogP contribution in [0.1, 0.15) is 5.56 Å². The van der Waals surface area contributed by atoms with E-state index < -0.39 is 6.10 Å². The van der Waals surface area contributed by atoms with Crippen molar-refractivity contribution in [2.24, 2.45) is 0 Å². The molecule has 0 bridgehead atoms. The van der Waals surface area contributed by atoms with Gasteiger partial charge in [0.15, 0.2) is 0 Å². The van der Waals surface area contributed by atoms with Crippen LogP contribution in [-0.4, -0.2) is 35.9 Å². The standard InChI is InChI=1S/C16H21N3O2/c17-16-7-6-15(11-19-16)21-12-14(20)10-18-9-8-13-4-2-1-3-5-13/h1-7,11,14,18,20H,8-10,12H2,(H2,17,19)/t14-/m0/s1. The molecule has 0 saturated carbocycles. The van der Waals surface area contributed by atoms with Crippen LogP contribution in [0, 0.1) is 0 Å². The molecule has 4 N–H and O–H groups in total. The molecule has 0 aliphatic rings. The molecular weight excluding hydrogens is 266 g/mol. The monoisotopic (exact) mass is 287 g/mol. The van der Waals surface area contributed by atoms with Crippen molar-refractivity contribution in [3.8, 4) is 5.75 Å². The molecule has 0 aliphatic heterocycles. The van der Waals surface area contributed by atoms with E-state index in [1.165, 1.54) is 5.56 Å². The molecule has 112 valence electrons. The minimum atomic E-state index is -0.557. The Morgan fingerprint density at radius 1 is 1.19 bits per heavy atom. The molecule has 0 spiro atoms. The number of ether oxygens (including phenoxy) is 1. The molecule has 0 unspecified atom stereocenters. The minimum Gasteiger partial charge on any atom is -0.489 e. The zero-order valence-corrected chi connectivity index (χ0v) is 11.9. The quantitative estimate of drug-likeness (QED) is 0.636. The van der Waals surface area contributed by atoms with Gasteiger partial charge in [-0.25, -0.2) is 4.98 Å². The van der Waals surface area contributed by atoms with Crippen molar-refractivity contribution in [3.63, 3.8) is 0 Å². The van der Waals surface area contributed by atoms with Crippen LogP contribution in [0.2, 0.25) is 0 Å². The van der Waals surface area contributed by atoms with E-state index in [-0.39, 0.29) is 6.61 Å². The number of benzene rings is 1. The number of aromatic nitrogens is 1. The number of aliphatic hydroxyl groups is 1. The minimum absolute atomic E-state index is 0.226. The fraction of sp³-hybridized carbons (Fsp3) is 0.312. The third-order valence-corrected chi connectivity index (χ3v) is 3.01. The average molecular weight is 287 g/mol. The molecule has 1 heterocycles. The van der Waals surface area contributed by atoms with Crippen LogP contribution in [-0.2, 0) is 6.42 Å². The fourth-order valence-corrected chi connectivity index (χ4v) is 1.87. The lowest BCUT2D eigenvalue weighted by molar-refractivity contribution is 0.106. The van der Waals surface area contributed by atoms with Crippen LogP contribution < -0.4 is 15.8 Å². The highest BCUT2D eigenvalue weighted by atomic mass is 16.5. The third-order valence-electron chi connectivity index (χ3n) is 3.01. The van der Waals surface area contributed by atoms with Gasteiger partial charge in [0.1, 0.15) is 24.3 Å². The van der Waals surface area contributed by atoms with Crippen molar-refractivity contribution in [2.75, 3.05) is 25.4 Å². The molecule has 0 radical (unpaired) electrons. The molecule has 1 atom stereocenters. The number of rotatable bonds is 8. The van der Waals surface area contributed by atoms with Crippen molar-refractivity contribution >= 4 is 5.82 Å². The zero-order chi connectivity index (χ0) is 14.9. The number of nitrogens with one attached hydrogen (secondary N) is 1. The summed E-state index contributed by atoms with van der Waals surface area (Å²) in [6.07, 6.45) is 1.93. The molecule has 2 rings (SSSR count). The number of nitrogen functional groups attached to an aromatic ring is 1. The summed E-state index contributed by atoms with van der Waals surface area (Å²) in [4.78, 5) is 3.92. The van der Waals surface area contributed by atoms with Crippen LogP contribution in [0.15, 0.2) is 48.7 Å². The van der Waals surface area contributed by atoms with Crippen LogP contribution in [0.3, 0.4) is 0 Å². The molecule has 0 saturated heterocycles. The van der Waals surface area contributed by atoms with Gasteiger partial charge in [-0.15, -0.1) is 0 Å². The fourth-order valence-electron chi connectivity index (χ4n) is 1.87. The van der Waals surface area contributed by atoms with Gasteiger partial charge in [-0.1, -0.05) is 30.3 Å². The summed E-state index contributed by atoms with van der Waals surface area (Å²) < 4.78 is 5.43. The van der Waals surface area contributed by atoms with Gasteiger partial charge in [-0.2, -0.15) is 0 Å². The topological polar surface area (TPSA) is 80.4 Å². The highest BCUT2D eigenvalue weighted by molar-refractivity contribution is 5.32. The lowest BCUT2D eigenvalue weighted by atomic mass is 10.1. The van der Waals surface area contributed by atoms with Crippen LogP contribution in [0.4, 0.5) is 5.82 Å². The molecule has 1 aromatic heterocycles. The number of aliphatic hydroxyl groups excluding tert-OH is 1. The lowest BCUT2D eigenvalue weighted by Gasteiger charge is -2.13. The maximum absolute atomic E-state index is 9.83.